The number of amides is 2. The molecule has 0 aliphatic carbocycles. The van der Waals surface area contributed by atoms with Crippen molar-refractivity contribution in [2.45, 2.75) is 25.9 Å². The van der Waals surface area contributed by atoms with Gasteiger partial charge >= 0.3 is 0 Å². The van der Waals surface area contributed by atoms with Gasteiger partial charge in [0.2, 0.25) is 5.91 Å². The average molecular weight is 469 g/mol. The molecule has 8 heteroatoms. The SMILES string of the molecule is O=C1CCc2cc(OCC(=O)N(Cc3ccccc3)Cc3nc4ccccc4c(=O)[nH]3)ccc2N1. The first kappa shape index (κ1) is 22.3. The lowest BCUT2D eigenvalue weighted by molar-refractivity contribution is -0.134. The first-order chi connectivity index (χ1) is 17.0. The summed E-state index contributed by atoms with van der Waals surface area (Å²) in [6.07, 6.45) is 1.06. The molecular weight excluding hydrogens is 444 g/mol. The topological polar surface area (TPSA) is 104 Å². The number of carbonyl (C=O) groups excluding carboxylic acids is 2. The summed E-state index contributed by atoms with van der Waals surface area (Å²) in [6.45, 7) is 0.305. The molecule has 2 N–H and O–H groups in total. The Morgan fingerprint density at radius 1 is 0.943 bits per heavy atom. The number of anilines is 1. The maximum atomic E-state index is 13.2. The molecule has 35 heavy (non-hydrogen) atoms. The van der Waals surface area contributed by atoms with Gasteiger partial charge in [0.15, 0.2) is 6.61 Å². The van der Waals surface area contributed by atoms with Gasteiger partial charge in [-0.15, -0.1) is 0 Å². The van der Waals surface area contributed by atoms with Gasteiger partial charge in [-0.3, -0.25) is 14.4 Å². The normalized spacial score (nSPS) is 12.6. The molecule has 0 bridgehead atoms. The molecule has 1 aromatic heterocycles. The summed E-state index contributed by atoms with van der Waals surface area (Å²) in [4.78, 5) is 46.3. The fourth-order valence-corrected chi connectivity index (χ4v) is 4.11. The number of nitrogens with one attached hydrogen (secondary N) is 2. The zero-order valence-electron chi connectivity index (χ0n) is 19.0. The maximum absolute atomic E-state index is 13.2. The van der Waals surface area contributed by atoms with E-state index in [-0.39, 0.29) is 30.5 Å². The second-order valence-corrected chi connectivity index (χ2v) is 8.42. The summed E-state index contributed by atoms with van der Waals surface area (Å²) in [5, 5.41) is 3.34. The zero-order chi connectivity index (χ0) is 24.2. The van der Waals surface area contributed by atoms with Crippen LogP contribution >= 0.6 is 0 Å². The number of carbonyl (C=O) groups is 2. The van der Waals surface area contributed by atoms with Gasteiger partial charge in [0.25, 0.3) is 11.5 Å². The van der Waals surface area contributed by atoms with Gasteiger partial charge in [0.05, 0.1) is 17.4 Å². The van der Waals surface area contributed by atoms with Crippen LogP contribution in [-0.4, -0.2) is 33.3 Å². The molecule has 0 unspecified atom stereocenters. The van der Waals surface area contributed by atoms with Gasteiger partial charge in [-0.05, 0) is 47.9 Å². The van der Waals surface area contributed by atoms with Crippen LogP contribution in [0.15, 0.2) is 77.6 Å². The highest BCUT2D eigenvalue weighted by Crippen LogP contribution is 2.27. The first-order valence-electron chi connectivity index (χ1n) is 11.4. The smallest absolute Gasteiger partial charge is 0.261 e. The third-order valence-corrected chi connectivity index (χ3v) is 5.91. The Kier molecular flexibility index (Phi) is 6.26. The molecule has 5 rings (SSSR count). The van der Waals surface area contributed by atoms with Gasteiger partial charge in [0, 0.05) is 18.7 Å². The minimum Gasteiger partial charge on any atom is -0.484 e. The standard InChI is InChI=1S/C27H24N4O4/c32-25-13-10-19-14-20(11-12-22(19)29-25)35-17-26(33)31(15-18-6-2-1-3-7-18)16-24-28-23-9-5-4-8-21(23)27(34)30-24/h1-9,11-12,14H,10,13,15-17H2,(H,29,32)(H,28,30,34). The van der Waals surface area contributed by atoms with E-state index in [0.29, 0.717) is 41.9 Å². The lowest BCUT2D eigenvalue weighted by Gasteiger charge is -2.23. The summed E-state index contributed by atoms with van der Waals surface area (Å²) in [7, 11) is 0. The largest absolute Gasteiger partial charge is 0.484 e. The predicted molar refractivity (Wildman–Crippen MR) is 132 cm³/mol. The molecule has 0 saturated carbocycles. The quantitative estimate of drug-likeness (QED) is 0.433. The lowest BCUT2D eigenvalue weighted by Crippen LogP contribution is -2.35. The van der Waals surface area contributed by atoms with E-state index in [1.54, 1.807) is 35.2 Å². The maximum Gasteiger partial charge on any atom is 0.261 e. The highest BCUT2D eigenvalue weighted by Gasteiger charge is 2.19. The number of rotatable bonds is 7. The van der Waals surface area contributed by atoms with Crippen molar-refractivity contribution in [3.05, 3.63) is 100 Å². The Labute approximate surface area is 201 Å². The van der Waals surface area contributed by atoms with Crippen LogP contribution in [0.3, 0.4) is 0 Å². The van der Waals surface area contributed by atoms with Crippen LogP contribution in [0.4, 0.5) is 5.69 Å². The van der Waals surface area contributed by atoms with E-state index in [4.69, 9.17) is 4.74 Å². The summed E-state index contributed by atoms with van der Waals surface area (Å²) >= 11 is 0. The van der Waals surface area contributed by atoms with Crippen molar-refractivity contribution in [2.75, 3.05) is 11.9 Å². The number of para-hydroxylation sites is 1. The van der Waals surface area contributed by atoms with Crippen molar-refractivity contribution in [1.82, 2.24) is 14.9 Å². The number of benzene rings is 3. The van der Waals surface area contributed by atoms with E-state index < -0.39 is 0 Å². The van der Waals surface area contributed by atoms with Crippen molar-refractivity contribution < 1.29 is 14.3 Å². The van der Waals surface area contributed by atoms with E-state index in [2.05, 4.69) is 15.3 Å². The molecule has 0 radical (unpaired) electrons. The summed E-state index contributed by atoms with van der Waals surface area (Å²) < 4.78 is 5.81. The van der Waals surface area contributed by atoms with Gasteiger partial charge in [-0.2, -0.15) is 0 Å². The molecule has 1 aliphatic rings. The fourth-order valence-electron chi connectivity index (χ4n) is 4.11. The first-order valence-corrected chi connectivity index (χ1v) is 11.4. The van der Waals surface area contributed by atoms with E-state index >= 15 is 0 Å². The monoisotopic (exact) mass is 468 g/mol. The van der Waals surface area contributed by atoms with Crippen LogP contribution in [-0.2, 0) is 29.1 Å². The van der Waals surface area contributed by atoms with E-state index in [1.165, 1.54) is 0 Å². The van der Waals surface area contributed by atoms with Crippen LogP contribution in [0.2, 0.25) is 0 Å². The fraction of sp³-hybridized carbons (Fsp3) is 0.185. The molecule has 2 amide bonds. The molecule has 2 heterocycles. The predicted octanol–water partition coefficient (Wildman–Crippen LogP) is 3.42. The second-order valence-electron chi connectivity index (χ2n) is 8.42. The summed E-state index contributed by atoms with van der Waals surface area (Å²) in [6, 6.07) is 22.1. The number of aromatic nitrogens is 2. The van der Waals surface area contributed by atoms with E-state index in [0.717, 1.165) is 16.8 Å². The van der Waals surface area contributed by atoms with Crippen molar-refractivity contribution in [3.63, 3.8) is 0 Å². The van der Waals surface area contributed by atoms with Crippen LogP contribution in [0.25, 0.3) is 10.9 Å². The Morgan fingerprint density at radius 2 is 1.74 bits per heavy atom. The van der Waals surface area contributed by atoms with Crippen LogP contribution < -0.4 is 15.6 Å². The number of H-pyrrole nitrogens is 1. The highest BCUT2D eigenvalue weighted by atomic mass is 16.5. The zero-order valence-corrected chi connectivity index (χ0v) is 19.0. The number of hydrogen-bond donors (Lipinski definition) is 2. The summed E-state index contributed by atoms with van der Waals surface area (Å²) in [5.41, 5.74) is 3.05. The molecule has 4 aromatic rings. The minimum atomic E-state index is -0.241. The van der Waals surface area contributed by atoms with Crippen molar-refractivity contribution in [1.29, 1.82) is 0 Å². The molecule has 0 spiro atoms. The molecule has 1 aliphatic heterocycles. The minimum absolute atomic E-state index is 0.00163. The van der Waals surface area contributed by atoms with Crippen molar-refractivity contribution in [3.8, 4) is 5.75 Å². The van der Waals surface area contributed by atoms with Crippen molar-refractivity contribution >= 4 is 28.4 Å². The number of ether oxygens (including phenoxy) is 1. The molecule has 0 fully saturated rings. The van der Waals surface area contributed by atoms with Crippen LogP contribution in [0.1, 0.15) is 23.4 Å². The third-order valence-electron chi connectivity index (χ3n) is 5.91. The molecule has 3 aromatic carbocycles. The number of fused-ring (bicyclic) bond motifs is 2. The molecule has 0 atom stereocenters. The molecule has 176 valence electrons. The Hall–Kier alpha value is -4.46. The highest BCUT2D eigenvalue weighted by molar-refractivity contribution is 5.94. The molecule has 0 saturated heterocycles. The summed E-state index contributed by atoms with van der Waals surface area (Å²) in [5.74, 6) is 0.724. The third kappa shape index (κ3) is 5.22. The van der Waals surface area contributed by atoms with Crippen LogP contribution in [0, 0.1) is 0 Å². The lowest BCUT2D eigenvalue weighted by atomic mass is 10.0. The average Bonchev–Trinajstić information content (AvgIpc) is 2.87. The molecule has 8 nitrogen and oxygen atoms in total. The van der Waals surface area contributed by atoms with Gasteiger partial charge in [-0.1, -0.05) is 42.5 Å². The van der Waals surface area contributed by atoms with Gasteiger partial charge in [-0.25, -0.2) is 4.98 Å². The van der Waals surface area contributed by atoms with Gasteiger partial charge < -0.3 is 19.9 Å². The Morgan fingerprint density at radius 3 is 2.60 bits per heavy atom. The second kappa shape index (κ2) is 9.80. The number of aryl methyl sites for hydroxylation is 1. The Balaban J connectivity index is 1.34. The number of nitrogens with zero attached hydrogens (tertiary/aromatic N) is 2. The van der Waals surface area contributed by atoms with E-state index in [9.17, 15) is 14.4 Å². The number of aromatic amines is 1. The van der Waals surface area contributed by atoms with E-state index in [1.807, 2.05) is 42.5 Å². The molecular formula is C27H24N4O4. The van der Waals surface area contributed by atoms with Crippen molar-refractivity contribution in [2.24, 2.45) is 0 Å². The number of hydrogen-bond acceptors (Lipinski definition) is 5. The van der Waals surface area contributed by atoms with Gasteiger partial charge in [0.1, 0.15) is 11.6 Å². The Bertz CT molecular complexity index is 1450. The van der Waals surface area contributed by atoms with Crippen LogP contribution in [0.5, 0.6) is 5.75 Å².